The Morgan fingerprint density at radius 3 is 2.41 bits per heavy atom. The number of fused-ring (bicyclic) bond motifs is 1. The topological polar surface area (TPSA) is 97.8 Å². The second-order valence-electron chi connectivity index (χ2n) is 8.14. The summed E-state index contributed by atoms with van der Waals surface area (Å²) in [6.07, 6.45) is -5.26. The molecular weight excluding hydrogens is 455 g/mol. The van der Waals surface area contributed by atoms with E-state index in [9.17, 15) is 33.2 Å². The number of carbonyl (C=O) groups is 1. The van der Waals surface area contributed by atoms with Crippen molar-refractivity contribution in [3.8, 4) is 0 Å². The van der Waals surface area contributed by atoms with Crippen molar-refractivity contribution in [3.63, 3.8) is 0 Å². The first-order valence-electron chi connectivity index (χ1n) is 10.6. The van der Waals surface area contributed by atoms with Crippen LogP contribution in [0.2, 0.25) is 0 Å². The van der Waals surface area contributed by atoms with Crippen LogP contribution in [-0.2, 0) is 21.7 Å². The number of nitro benzene ring substituents is 1. The lowest BCUT2D eigenvalue weighted by molar-refractivity contribution is -0.384. The van der Waals surface area contributed by atoms with E-state index in [0.717, 1.165) is 17.8 Å². The Kier molecular flexibility index (Phi) is 6.32. The van der Waals surface area contributed by atoms with Gasteiger partial charge in [0.05, 0.1) is 30.1 Å². The summed E-state index contributed by atoms with van der Waals surface area (Å²) in [4.78, 5) is 24.6. The van der Waals surface area contributed by atoms with Crippen LogP contribution in [0, 0.1) is 10.1 Å². The van der Waals surface area contributed by atoms with E-state index in [4.69, 9.17) is 4.74 Å². The van der Waals surface area contributed by atoms with Gasteiger partial charge in [-0.25, -0.2) is 0 Å². The van der Waals surface area contributed by atoms with Crippen molar-refractivity contribution in [2.45, 2.75) is 24.7 Å². The number of benzene rings is 2. The van der Waals surface area contributed by atoms with Gasteiger partial charge in [-0.3, -0.25) is 14.9 Å². The van der Waals surface area contributed by atoms with Gasteiger partial charge in [0.1, 0.15) is 0 Å². The Bertz CT molecular complexity index is 1210. The van der Waals surface area contributed by atoms with Crippen molar-refractivity contribution in [1.82, 2.24) is 9.47 Å². The zero-order chi connectivity index (χ0) is 24.5. The molecule has 0 saturated carbocycles. The number of non-ortho nitro benzene ring substituents is 1. The van der Waals surface area contributed by atoms with E-state index >= 15 is 0 Å². The molecule has 1 saturated heterocycles. The summed E-state index contributed by atoms with van der Waals surface area (Å²) < 4.78 is 49.5. The van der Waals surface area contributed by atoms with Gasteiger partial charge in [0.2, 0.25) is 5.91 Å². The van der Waals surface area contributed by atoms with E-state index in [1.54, 1.807) is 30.3 Å². The van der Waals surface area contributed by atoms with E-state index in [2.05, 4.69) is 0 Å². The van der Waals surface area contributed by atoms with Crippen molar-refractivity contribution >= 4 is 22.5 Å². The van der Waals surface area contributed by atoms with Gasteiger partial charge in [-0.15, -0.1) is 0 Å². The predicted molar refractivity (Wildman–Crippen MR) is 116 cm³/mol. The van der Waals surface area contributed by atoms with Crippen molar-refractivity contribution in [3.05, 3.63) is 76.0 Å². The van der Waals surface area contributed by atoms with Gasteiger partial charge < -0.3 is 19.3 Å². The minimum absolute atomic E-state index is 0.0175. The number of amides is 1. The third kappa shape index (κ3) is 4.48. The van der Waals surface area contributed by atoms with Crippen LogP contribution in [0.1, 0.15) is 17.5 Å². The number of rotatable bonds is 6. The fraction of sp³-hybridized carbons (Fsp3) is 0.348. The minimum atomic E-state index is -5.18. The number of aromatic nitrogens is 1. The Balaban J connectivity index is 1.83. The highest BCUT2D eigenvalue weighted by molar-refractivity contribution is 5.88. The number of ether oxygens (including phenoxy) is 1. The van der Waals surface area contributed by atoms with Gasteiger partial charge in [0.15, 0.2) is 5.60 Å². The van der Waals surface area contributed by atoms with Gasteiger partial charge in [0, 0.05) is 48.9 Å². The van der Waals surface area contributed by atoms with Crippen LogP contribution in [0.5, 0.6) is 0 Å². The van der Waals surface area contributed by atoms with Gasteiger partial charge in [-0.05, 0) is 11.6 Å². The molecular formula is C23H22F3N3O5. The molecule has 1 aliphatic heterocycles. The largest absolute Gasteiger partial charge is 0.422 e. The van der Waals surface area contributed by atoms with Crippen LogP contribution in [0.15, 0.2) is 54.7 Å². The molecule has 0 bridgehead atoms. The third-order valence-corrected chi connectivity index (χ3v) is 5.96. The number of morpholine rings is 1. The third-order valence-electron chi connectivity index (χ3n) is 5.96. The van der Waals surface area contributed by atoms with E-state index in [-0.39, 0.29) is 49.4 Å². The SMILES string of the molecule is O=C(CC(O)(c1cn(Cc2ccccc2)c2cc([N+](=O)[O-])ccc12)C(F)(F)F)N1CCOCC1. The zero-order valence-electron chi connectivity index (χ0n) is 18.0. The summed E-state index contributed by atoms with van der Waals surface area (Å²) in [7, 11) is 0. The fourth-order valence-electron chi connectivity index (χ4n) is 4.13. The Hall–Kier alpha value is -3.44. The number of carbonyl (C=O) groups excluding carboxylic acids is 1. The Morgan fingerprint density at radius 2 is 1.79 bits per heavy atom. The number of nitro groups is 1. The molecule has 0 radical (unpaired) electrons. The van der Waals surface area contributed by atoms with E-state index in [1.807, 2.05) is 0 Å². The predicted octanol–water partition coefficient (Wildman–Crippen LogP) is 3.60. The molecule has 1 fully saturated rings. The van der Waals surface area contributed by atoms with Crippen LogP contribution in [0.25, 0.3) is 10.9 Å². The van der Waals surface area contributed by atoms with E-state index < -0.39 is 34.6 Å². The fourth-order valence-corrected chi connectivity index (χ4v) is 4.13. The molecule has 2 aromatic carbocycles. The first-order valence-corrected chi connectivity index (χ1v) is 10.6. The summed E-state index contributed by atoms with van der Waals surface area (Å²) in [6, 6.07) is 12.3. The summed E-state index contributed by atoms with van der Waals surface area (Å²) in [6.45, 7) is 0.791. The standard InChI is InChI=1S/C23H22F3N3O5/c24-23(25,26)22(31,13-21(30)27-8-10-34-11-9-27)19-15-28(14-16-4-2-1-3-5-16)20-12-17(29(32)33)6-7-18(19)20/h1-7,12,15,31H,8-11,13-14H2. The smallest absolute Gasteiger partial charge is 0.378 e. The maximum absolute atomic E-state index is 14.3. The molecule has 2 heterocycles. The van der Waals surface area contributed by atoms with Gasteiger partial charge in [-0.2, -0.15) is 13.2 Å². The lowest BCUT2D eigenvalue weighted by Crippen LogP contribution is -2.49. The number of alkyl halides is 3. The van der Waals surface area contributed by atoms with Gasteiger partial charge in [0.25, 0.3) is 5.69 Å². The lowest BCUT2D eigenvalue weighted by atomic mass is 9.88. The highest BCUT2D eigenvalue weighted by Gasteiger charge is 2.57. The molecule has 3 aromatic rings. The quantitative estimate of drug-likeness (QED) is 0.432. The molecule has 4 rings (SSSR count). The molecule has 1 unspecified atom stereocenters. The zero-order valence-corrected chi connectivity index (χ0v) is 18.0. The molecule has 1 N–H and O–H groups in total. The summed E-state index contributed by atoms with van der Waals surface area (Å²) in [5, 5.41) is 22.3. The molecule has 1 amide bonds. The molecule has 180 valence electrons. The van der Waals surface area contributed by atoms with Crippen molar-refractivity contribution in [2.75, 3.05) is 26.3 Å². The monoisotopic (exact) mass is 477 g/mol. The Morgan fingerprint density at radius 1 is 1.12 bits per heavy atom. The van der Waals surface area contributed by atoms with Crippen LogP contribution in [-0.4, -0.2) is 57.9 Å². The normalized spacial score (nSPS) is 16.4. The molecule has 34 heavy (non-hydrogen) atoms. The first kappa shape index (κ1) is 23.7. The van der Waals surface area contributed by atoms with Crippen molar-refractivity contribution in [1.29, 1.82) is 0 Å². The van der Waals surface area contributed by atoms with Gasteiger partial charge >= 0.3 is 6.18 Å². The number of halogens is 3. The van der Waals surface area contributed by atoms with Crippen molar-refractivity contribution in [2.24, 2.45) is 0 Å². The molecule has 1 atom stereocenters. The average Bonchev–Trinajstić information content (AvgIpc) is 3.17. The molecule has 1 aromatic heterocycles. The summed E-state index contributed by atoms with van der Waals surface area (Å²) >= 11 is 0. The summed E-state index contributed by atoms with van der Waals surface area (Å²) in [5.74, 6) is -0.853. The van der Waals surface area contributed by atoms with E-state index in [0.29, 0.717) is 0 Å². The Labute approximate surface area is 192 Å². The van der Waals surface area contributed by atoms with Crippen molar-refractivity contribution < 1.29 is 32.7 Å². The second kappa shape index (κ2) is 9.07. The first-order chi connectivity index (χ1) is 16.1. The number of aliphatic hydroxyl groups is 1. The molecule has 0 aliphatic carbocycles. The summed E-state index contributed by atoms with van der Waals surface area (Å²) in [5.41, 5.74) is -3.42. The average molecular weight is 477 g/mol. The van der Waals surface area contributed by atoms with E-state index in [1.165, 1.54) is 21.6 Å². The molecule has 11 heteroatoms. The number of hydrogen-bond acceptors (Lipinski definition) is 5. The molecule has 0 spiro atoms. The maximum Gasteiger partial charge on any atom is 0.422 e. The second-order valence-corrected chi connectivity index (χ2v) is 8.14. The molecule has 8 nitrogen and oxygen atoms in total. The van der Waals surface area contributed by atoms with Gasteiger partial charge in [-0.1, -0.05) is 30.3 Å². The molecule has 1 aliphatic rings. The highest BCUT2D eigenvalue weighted by atomic mass is 19.4. The van der Waals surface area contributed by atoms with Crippen LogP contribution in [0.4, 0.5) is 18.9 Å². The lowest BCUT2D eigenvalue weighted by Gasteiger charge is -2.33. The van der Waals surface area contributed by atoms with Crippen LogP contribution >= 0.6 is 0 Å². The minimum Gasteiger partial charge on any atom is -0.378 e. The number of hydrogen-bond donors (Lipinski definition) is 1. The maximum atomic E-state index is 14.3. The van der Waals surface area contributed by atoms with Crippen LogP contribution in [0.3, 0.4) is 0 Å². The number of nitrogens with zero attached hydrogens (tertiary/aromatic N) is 3. The highest BCUT2D eigenvalue weighted by Crippen LogP contribution is 2.45. The van der Waals surface area contributed by atoms with Crippen LogP contribution < -0.4 is 0 Å².